The summed E-state index contributed by atoms with van der Waals surface area (Å²) in [7, 11) is -3.03. The summed E-state index contributed by atoms with van der Waals surface area (Å²) in [4.78, 5) is 11.6. The van der Waals surface area contributed by atoms with Crippen molar-refractivity contribution in [2.24, 2.45) is 0 Å². The van der Waals surface area contributed by atoms with Crippen molar-refractivity contribution < 1.29 is 17.9 Å². The third-order valence-electron chi connectivity index (χ3n) is 3.21. The smallest absolute Gasteiger partial charge is 0.333 e. The zero-order valence-electron chi connectivity index (χ0n) is 10.6. The van der Waals surface area contributed by atoms with E-state index in [9.17, 15) is 13.2 Å². The molecule has 17 heavy (non-hydrogen) atoms. The Morgan fingerprint density at radius 2 is 2.00 bits per heavy atom. The lowest BCUT2D eigenvalue weighted by Gasteiger charge is -2.27. The first kappa shape index (κ1) is 14.2. The molecular weight excluding hydrogens is 240 g/mol. The van der Waals surface area contributed by atoms with E-state index in [4.69, 9.17) is 4.74 Å². The molecule has 1 saturated carbocycles. The molecule has 0 heterocycles. The molecular formula is C12H20O4S. The van der Waals surface area contributed by atoms with Gasteiger partial charge in [0.25, 0.3) is 0 Å². The molecule has 0 spiro atoms. The summed E-state index contributed by atoms with van der Waals surface area (Å²) in [6.45, 7) is 3.47. The molecule has 0 aromatic carbocycles. The Labute approximate surface area is 103 Å². The number of carbonyl (C=O) groups excluding carboxylic acids is 1. The van der Waals surface area contributed by atoms with Crippen molar-refractivity contribution in [3.05, 3.63) is 11.6 Å². The third-order valence-corrected chi connectivity index (χ3v) is 4.85. The number of hydrogen-bond acceptors (Lipinski definition) is 4. The lowest BCUT2D eigenvalue weighted by atomic mass is 9.97. The number of rotatable bonds is 3. The number of sulfone groups is 1. The number of carbonyl (C=O) groups is 1. The minimum Gasteiger partial charge on any atom is -0.459 e. The van der Waals surface area contributed by atoms with Crippen molar-refractivity contribution in [1.29, 1.82) is 0 Å². The predicted octanol–water partition coefficient (Wildman–Crippen LogP) is 1.85. The highest BCUT2D eigenvalue weighted by Crippen LogP contribution is 2.26. The largest absolute Gasteiger partial charge is 0.459 e. The maximum atomic E-state index is 11.6. The van der Waals surface area contributed by atoms with Crippen LogP contribution in [0.25, 0.3) is 0 Å². The Balaban J connectivity index is 2.60. The normalized spacial score (nSPS) is 26.6. The summed E-state index contributed by atoms with van der Waals surface area (Å²) < 4.78 is 28.2. The van der Waals surface area contributed by atoms with Gasteiger partial charge in [-0.2, -0.15) is 0 Å². The number of esters is 1. The number of hydrogen-bond donors (Lipinski definition) is 0. The van der Waals surface area contributed by atoms with Crippen molar-refractivity contribution in [2.45, 2.75) is 50.9 Å². The van der Waals surface area contributed by atoms with Crippen LogP contribution in [0.4, 0.5) is 0 Å². The van der Waals surface area contributed by atoms with E-state index in [1.807, 2.05) is 0 Å². The SMILES string of the molecule is CC=C(C)C(=O)OC1CCCC(S(C)(=O)=O)C1. The van der Waals surface area contributed by atoms with Crippen LogP contribution in [0.5, 0.6) is 0 Å². The Kier molecular flexibility index (Phi) is 4.74. The van der Waals surface area contributed by atoms with E-state index in [2.05, 4.69) is 0 Å². The van der Waals surface area contributed by atoms with Crippen molar-refractivity contribution >= 4 is 15.8 Å². The Morgan fingerprint density at radius 3 is 2.53 bits per heavy atom. The molecule has 0 aliphatic heterocycles. The predicted molar refractivity (Wildman–Crippen MR) is 66.4 cm³/mol. The second kappa shape index (κ2) is 5.67. The van der Waals surface area contributed by atoms with Gasteiger partial charge in [-0.3, -0.25) is 0 Å². The van der Waals surface area contributed by atoms with Crippen LogP contribution in [0, 0.1) is 0 Å². The molecule has 0 amide bonds. The minimum absolute atomic E-state index is 0.258. The number of ether oxygens (including phenoxy) is 1. The van der Waals surface area contributed by atoms with E-state index in [-0.39, 0.29) is 17.3 Å². The second-order valence-corrected chi connectivity index (χ2v) is 6.94. The summed E-state index contributed by atoms with van der Waals surface area (Å²) in [6.07, 6.45) is 5.35. The fourth-order valence-corrected chi connectivity index (χ4v) is 3.12. The van der Waals surface area contributed by atoms with Crippen LogP contribution in [-0.4, -0.2) is 32.0 Å². The molecule has 1 rings (SSSR count). The van der Waals surface area contributed by atoms with Crippen LogP contribution in [0.2, 0.25) is 0 Å². The Morgan fingerprint density at radius 1 is 1.35 bits per heavy atom. The molecule has 2 atom stereocenters. The number of allylic oxidation sites excluding steroid dienone is 1. The first-order chi connectivity index (χ1) is 7.84. The fraction of sp³-hybridized carbons (Fsp3) is 0.750. The van der Waals surface area contributed by atoms with Crippen molar-refractivity contribution in [3.8, 4) is 0 Å². The quantitative estimate of drug-likeness (QED) is 0.574. The molecule has 1 fully saturated rings. The molecule has 2 unspecified atom stereocenters. The van der Waals surface area contributed by atoms with Gasteiger partial charge >= 0.3 is 5.97 Å². The van der Waals surface area contributed by atoms with E-state index < -0.39 is 9.84 Å². The van der Waals surface area contributed by atoms with E-state index in [0.717, 1.165) is 12.8 Å². The van der Waals surface area contributed by atoms with Crippen molar-refractivity contribution in [1.82, 2.24) is 0 Å². The van der Waals surface area contributed by atoms with E-state index in [0.29, 0.717) is 18.4 Å². The van der Waals surface area contributed by atoms with Crippen LogP contribution < -0.4 is 0 Å². The van der Waals surface area contributed by atoms with Gasteiger partial charge in [-0.1, -0.05) is 6.08 Å². The van der Waals surface area contributed by atoms with Crippen molar-refractivity contribution in [3.63, 3.8) is 0 Å². The summed E-state index contributed by atoms with van der Waals surface area (Å²) in [5.74, 6) is -0.341. The lowest BCUT2D eigenvalue weighted by molar-refractivity contribution is -0.145. The highest BCUT2D eigenvalue weighted by Gasteiger charge is 2.30. The first-order valence-corrected chi connectivity index (χ1v) is 7.82. The van der Waals surface area contributed by atoms with Crippen LogP contribution in [0.15, 0.2) is 11.6 Å². The maximum Gasteiger partial charge on any atom is 0.333 e. The summed E-state index contributed by atoms with van der Waals surface area (Å²) in [5.41, 5.74) is 0.562. The van der Waals surface area contributed by atoms with Gasteiger partial charge in [-0.25, -0.2) is 13.2 Å². The monoisotopic (exact) mass is 260 g/mol. The summed E-state index contributed by atoms with van der Waals surface area (Å²) in [6, 6.07) is 0. The molecule has 0 N–H and O–H groups in total. The fourth-order valence-electron chi connectivity index (χ4n) is 1.96. The van der Waals surface area contributed by atoms with Crippen LogP contribution in [0.1, 0.15) is 39.5 Å². The third kappa shape index (κ3) is 4.15. The molecule has 0 radical (unpaired) electrons. The van der Waals surface area contributed by atoms with Gasteiger partial charge in [0, 0.05) is 18.2 Å². The Hall–Kier alpha value is -0.840. The van der Waals surface area contributed by atoms with Gasteiger partial charge in [0.2, 0.25) is 0 Å². The molecule has 1 aliphatic rings. The molecule has 4 nitrogen and oxygen atoms in total. The van der Waals surface area contributed by atoms with Gasteiger partial charge in [0.1, 0.15) is 15.9 Å². The molecule has 1 aliphatic carbocycles. The second-order valence-electron chi connectivity index (χ2n) is 4.62. The van der Waals surface area contributed by atoms with E-state index in [1.165, 1.54) is 6.26 Å². The average molecular weight is 260 g/mol. The van der Waals surface area contributed by atoms with Gasteiger partial charge in [-0.05, 0) is 33.1 Å². The van der Waals surface area contributed by atoms with Crippen LogP contribution >= 0.6 is 0 Å². The van der Waals surface area contributed by atoms with Crippen LogP contribution in [-0.2, 0) is 19.4 Å². The van der Waals surface area contributed by atoms with E-state index >= 15 is 0 Å². The highest BCUT2D eigenvalue weighted by atomic mass is 32.2. The molecule has 0 aromatic heterocycles. The summed E-state index contributed by atoms with van der Waals surface area (Å²) in [5, 5.41) is -0.361. The molecule has 5 heteroatoms. The highest BCUT2D eigenvalue weighted by molar-refractivity contribution is 7.91. The minimum atomic E-state index is -3.03. The molecule has 98 valence electrons. The maximum absolute atomic E-state index is 11.6. The van der Waals surface area contributed by atoms with Crippen molar-refractivity contribution in [2.75, 3.05) is 6.26 Å². The topological polar surface area (TPSA) is 60.4 Å². The standard InChI is InChI=1S/C12H20O4S/c1-4-9(2)12(13)16-10-6-5-7-11(8-10)17(3,14)15/h4,10-11H,5-8H2,1-3H3. The van der Waals surface area contributed by atoms with Gasteiger partial charge < -0.3 is 4.74 Å². The van der Waals surface area contributed by atoms with Gasteiger partial charge in [0.05, 0.1) is 5.25 Å². The molecule has 0 aromatic rings. The average Bonchev–Trinajstić information content (AvgIpc) is 2.27. The first-order valence-electron chi connectivity index (χ1n) is 5.87. The molecule has 0 saturated heterocycles. The molecule has 0 bridgehead atoms. The van der Waals surface area contributed by atoms with Gasteiger partial charge in [0.15, 0.2) is 0 Å². The zero-order chi connectivity index (χ0) is 13.1. The van der Waals surface area contributed by atoms with Crippen LogP contribution in [0.3, 0.4) is 0 Å². The van der Waals surface area contributed by atoms with Gasteiger partial charge in [-0.15, -0.1) is 0 Å². The lowest BCUT2D eigenvalue weighted by Crippen LogP contribution is -2.33. The zero-order valence-corrected chi connectivity index (χ0v) is 11.4. The Bertz CT molecular complexity index is 408. The van der Waals surface area contributed by atoms with E-state index in [1.54, 1.807) is 19.9 Å². The summed E-state index contributed by atoms with van der Waals surface area (Å²) >= 11 is 0.